The van der Waals surface area contributed by atoms with E-state index in [1.54, 1.807) is 0 Å². The summed E-state index contributed by atoms with van der Waals surface area (Å²) < 4.78 is 11.2. The number of ether oxygens (including phenoxy) is 2. The van der Waals surface area contributed by atoms with Crippen LogP contribution in [-0.4, -0.2) is 37.0 Å². The number of carbonyl (C=O) groups is 1. The topological polar surface area (TPSA) is 55.8 Å². The number of carbonyl (C=O) groups excluding carboxylic acids is 1. The van der Waals surface area contributed by atoms with Gasteiger partial charge in [-0.05, 0) is 109 Å². The number of unbranched alkanes of at least 4 members (excludes halogenated alkanes) is 14. The molecule has 344 valence electrons. The Balaban J connectivity index is 3.56. The fourth-order valence-corrected chi connectivity index (χ4v) is 6.36. The zero-order valence-electron chi connectivity index (χ0n) is 39.4. The molecule has 0 aliphatic heterocycles. The summed E-state index contributed by atoms with van der Waals surface area (Å²) in [5.41, 5.74) is 0. The first-order valence-corrected chi connectivity index (χ1v) is 24.8. The van der Waals surface area contributed by atoms with Crippen LogP contribution in [0.15, 0.2) is 134 Å². The molecule has 0 aliphatic rings. The molecule has 0 aromatic carbocycles. The summed E-state index contributed by atoms with van der Waals surface area (Å²) in [7, 11) is 0. The Kier molecular flexibility index (Phi) is 49.7. The maximum Gasteiger partial charge on any atom is 0.306 e. The summed E-state index contributed by atoms with van der Waals surface area (Å²) >= 11 is 0. The predicted octanol–water partition coefficient (Wildman–Crippen LogP) is 17.0. The van der Waals surface area contributed by atoms with Crippen molar-refractivity contribution in [2.24, 2.45) is 0 Å². The quantitative estimate of drug-likeness (QED) is 0.0377. The molecule has 0 aromatic heterocycles. The highest BCUT2D eigenvalue weighted by Crippen LogP contribution is 2.14. The second-order valence-corrected chi connectivity index (χ2v) is 15.8. The monoisotopic (exact) mass is 841 g/mol. The molecule has 0 aromatic rings. The van der Waals surface area contributed by atoms with Crippen molar-refractivity contribution in [3.63, 3.8) is 0 Å². The van der Waals surface area contributed by atoms with Crippen molar-refractivity contribution >= 4 is 5.97 Å². The maximum absolute atomic E-state index is 12.3. The maximum atomic E-state index is 12.3. The van der Waals surface area contributed by atoms with Crippen LogP contribution in [0, 0.1) is 0 Å². The van der Waals surface area contributed by atoms with Gasteiger partial charge in [-0.25, -0.2) is 0 Å². The van der Waals surface area contributed by atoms with E-state index in [4.69, 9.17) is 9.47 Å². The lowest BCUT2D eigenvalue weighted by Crippen LogP contribution is -2.27. The Labute approximate surface area is 377 Å². The number of hydrogen-bond acceptors (Lipinski definition) is 4. The number of esters is 1. The Bertz CT molecular complexity index is 1250. The molecule has 1 N–H and O–H groups in total. The summed E-state index contributed by atoms with van der Waals surface area (Å²) in [6, 6.07) is 0. The van der Waals surface area contributed by atoms with Gasteiger partial charge in [0.05, 0.1) is 13.2 Å². The molecule has 0 spiro atoms. The first-order chi connectivity index (χ1) is 30.2. The van der Waals surface area contributed by atoms with E-state index in [1.807, 2.05) is 0 Å². The van der Waals surface area contributed by atoms with Crippen LogP contribution in [0.2, 0.25) is 0 Å². The van der Waals surface area contributed by atoms with Gasteiger partial charge in [-0.15, -0.1) is 0 Å². The van der Waals surface area contributed by atoms with Crippen LogP contribution in [0.3, 0.4) is 0 Å². The lowest BCUT2D eigenvalue weighted by atomic mass is 10.0. The van der Waals surface area contributed by atoms with Crippen molar-refractivity contribution in [2.45, 2.75) is 200 Å². The molecule has 0 fully saturated rings. The number of aliphatic hydroxyl groups is 1. The van der Waals surface area contributed by atoms with Crippen molar-refractivity contribution in [1.82, 2.24) is 0 Å². The van der Waals surface area contributed by atoms with E-state index >= 15 is 0 Å². The second-order valence-electron chi connectivity index (χ2n) is 15.8. The van der Waals surface area contributed by atoms with Gasteiger partial charge in [0, 0.05) is 13.0 Å². The average molecular weight is 841 g/mol. The fraction of sp³-hybridized carbons (Fsp3) is 0.596. The van der Waals surface area contributed by atoms with E-state index < -0.39 is 6.10 Å². The van der Waals surface area contributed by atoms with Crippen LogP contribution >= 0.6 is 0 Å². The zero-order chi connectivity index (χ0) is 44.0. The van der Waals surface area contributed by atoms with Crippen LogP contribution < -0.4 is 0 Å². The van der Waals surface area contributed by atoms with E-state index in [9.17, 15) is 9.90 Å². The summed E-state index contributed by atoms with van der Waals surface area (Å²) in [5.74, 6) is -0.224. The summed E-state index contributed by atoms with van der Waals surface area (Å²) in [4.78, 5) is 12.3. The standard InChI is InChI=1S/C57H92O4/c1-3-5-7-9-11-13-15-17-19-21-23-25-27-29-30-32-34-36-38-40-42-44-46-48-50-52-57(59)61-56(54-58)55-60-53-51-49-47-45-43-41-39-37-35-33-31-28-26-24-22-20-18-16-14-12-10-8-6-4-2/h5-8,11-14,17-20,23-26,31,33,37,39,43,45,56,58H,3-4,9-10,15-16,21-22,27-30,32,34-36,38,40-42,44,46-55H2,1-2H3/b7-5-,8-6-,13-11-,14-12-,19-17-,20-18-,25-23-,26-24-,33-31-,39-37-,45-43-. The highest BCUT2D eigenvalue weighted by Gasteiger charge is 2.13. The van der Waals surface area contributed by atoms with E-state index in [2.05, 4.69) is 148 Å². The van der Waals surface area contributed by atoms with Gasteiger partial charge >= 0.3 is 5.97 Å². The van der Waals surface area contributed by atoms with Gasteiger partial charge in [-0.2, -0.15) is 0 Å². The van der Waals surface area contributed by atoms with Gasteiger partial charge in [0.25, 0.3) is 0 Å². The molecule has 0 radical (unpaired) electrons. The Morgan fingerprint density at radius 3 is 1.03 bits per heavy atom. The number of hydrogen-bond donors (Lipinski definition) is 1. The summed E-state index contributed by atoms with van der Waals surface area (Å²) in [6.45, 7) is 5.00. The molecule has 1 unspecified atom stereocenters. The minimum atomic E-state index is -0.570. The number of rotatable bonds is 44. The van der Waals surface area contributed by atoms with Crippen LogP contribution in [0.25, 0.3) is 0 Å². The van der Waals surface area contributed by atoms with E-state index in [1.165, 1.54) is 70.6 Å². The largest absolute Gasteiger partial charge is 0.457 e. The van der Waals surface area contributed by atoms with Crippen molar-refractivity contribution < 1.29 is 19.4 Å². The zero-order valence-corrected chi connectivity index (χ0v) is 39.4. The minimum absolute atomic E-state index is 0.199. The molecule has 1 atom stereocenters. The lowest BCUT2D eigenvalue weighted by Gasteiger charge is -2.15. The molecule has 0 heterocycles. The molecular formula is C57H92O4. The molecule has 0 bridgehead atoms. The predicted molar refractivity (Wildman–Crippen MR) is 269 cm³/mol. The van der Waals surface area contributed by atoms with E-state index in [-0.39, 0.29) is 19.2 Å². The molecular weight excluding hydrogens is 749 g/mol. The third kappa shape index (κ3) is 50.8. The second kappa shape index (κ2) is 52.7. The number of aliphatic hydroxyl groups excluding tert-OH is 1. The molecule has 4 heteroatoms. The van der Waals surface area contributed by atoms with Crippen LogP contribution in [0.4, 0.5) is 0 Å². The lowest BCUT2D eigenvalue weighted by molar-refractivity contribution is -0.154. The molecule has 61 heavy (non-hydrogen) atoms. The Morgan fingerprint density at radius 2 is 0.689 bits per heavy atom. The molecule has 0 aliphatic carbocycles. The number of allylic oxidation sites excluding steroid dienone is 22. The molecule has 0 saturated carbocycles. The Hall–Kier alpha value is -3.47. The summed E-state index contributed by atoms with van der Waals surface area (Å²) in [5, 5.41) is 9.64. The third-order valence-corrected chi connectivity index (χ3v) is 9.97. The van der Waals surface area contributed by atoms with Gasteiger partial charge in [-0.3, -0.25) is 4.79 Å². The van der Waals surface area contributed by atoms with E-state index in [0.717, 1.165) is 103 Å². The minimum Gasteiger partial charge on any atom is -0.457 e. The smallest absolute Gasteiger partial charge is 0.306 e. The van der Waals surface area contributed by atoms with Gasteiger partial charge in [0.2, 0.25) is 0 Å². The van der Waals surface area contributed by atoms with Crippen molar-refractivity contribution in [3.8, 4) is 0 Å². The highest BCUT2D eigenvalue weighted by atomic mass is 16.6. The van der Waals surface area contributed by atoms with Crippen LogP contribution in [0.1, 0.15) is 194 Å². The molecule has 0 amide bonds. The van der Waals surface area contributed by atoms with Crippen molar-refractivity contribution in [1.29, 1.82) is 0 Å². The third-order valence-electron chi connectivity index (χ3n) is 9.97. The SMILES string of the molecule is CC/C=C\C/C=C\C/C=C\C/C=C\C/C=C\C/C=C\C/C=C\CCCCOCC(CO)OC(=O)CCCCCCCCCCCCCC/C=C\C/C=C\C/C=C\C/C=C\CC. The Morgan fingerprint density at radius 1 is 0.393 bits per heavy atom. The molecule has 0 rings (SSSR count). The first kappa shape index (κ1) is 57.5. The van der Waals surface area contributed by atoms with Gasteiger partial charge in [-0.1, -0.05) is 212 Å². The highest BCUT2D eigenvalue weighted by molar-refractivity contribution is 5.69. The van der Waals surface area contributed by atoms with Gasteiger partial charge in [0.1, 0.15) is 6.10 Å². The van der Waals surface area contributed by atoms with Crippen LogP contribution in [0.5, 0.6) is 0 Å². The fourth-order valence-electron chi connectivity index (χ4n) is 6.36. The molecule has 4 nitrogen and oxygen atoms in total. The first-order valence-electron chi connectivity index (χ1n) is 24.8. The molecule has 0 saturated heterocycles. The van der Waals surface area contributed by atoms with Gasteiger partial charge < -0.3 is 14.6 Å². The van der Waals surface area contributed by atoms with Crippen molar-refractivity contribution in [2.75, 3.05) is 19.8 Å². The summed E-state index contributed by atoms with van der Waals surface area (Å²) in [6.07, 6.45) is 79.7. The van der Waals surface area contributed by atoms with Gasteiger partial charge in [0.15, 0.2) is 0 Å². The normalized spacial score (nSPS) is 13.6. The average Bonchev–Trinajstić information content (AvgIpc) is 3.27. The van der Waals surface area contributed by atoms with Crippen molar-refractivity contribution in [3.05, 3.63) is 134 Å². The van der Waals surface area contributed by atoms with E-state index in [0.29, 0.717) is 13.0 Å². The van der Waals surface area contributed by atoms with Crippen LogP contribution in [-0.2, 0) is 14.3 Å².